The number of benzene rings is 2. The van der Waals surface area contributed by atoms with E-state index in [0.717, 1.165) is 16.8 Å². The number of hydrogen-bond acceptors (Lipinski definition) is 1. The average Bonchev–Trinajstić information content (AvgIpc) is 2.44. The Morgan fingerprint density at radius 2 is 1.75 bits per heavy atom. The van der Waals surface area contributed by atoms with E-state index in [0.29, 0.717) is 5.56 Å². The van der Waals surface area contributed by atoms with E-state index < -0.39 is 0 Å². The molecule has 0 N–H and O–H groups in total. The van der Waals surface area contributed by atoms with E-state index in [4.69, 9.17) is 0 Å². The van der Waals surface area contributed by atoms with Crippen LogP contribution in [0.5, 0.6) is 0 Å². The summed E-state index contributed by atoms with van der Waals surface area (Å²) in [5, 5.41) is 0. The zero-order valence-electron chi connectivity index (χ0n) is 10.8. The highest BCUT2D eigenvalue weighted by Crippen LogP contribution is 2.54. The van der Waals surface area contributed by atoms with Gasteiger partial charge in [-0.3, -0.25) is 9.69 Å². The minimum Gasteiger partial charge on any atom is -0.288 e. The summed E-state index contributed by atoms with van der Waals surface area (Å²) in [6.07, 6.45) is 0. The van der Waals surface area contributed by atoms with Gasteiger partial charge in [-0.05, 0) is 47.7 Å². The van der Waals surface area contributed by atoms with Gasteiger partial charge in [-0.15, -0.1) is 0 Å². The monoisotopic (exact) mass is 371 g/mol. The molecule has 1 amide bonds. The van der Waals surface area contributed by atoms with Crippen molar-refractivity contribution in [1.29, 1.82) is 0 Å². The van der Waals surface area contributed by atoms with Gasteiger partial charge in [0, 0.05) is 16.7 Å². The van der Waals surface area contributed by atoms with Crippen LogP contribution >= 0.6 is 22.6 Å². The van der Waals surface area contributed by atoms with Crippen LogP contribution in [0, 0.1) is 11.8 Å². The van der Waals surface area contributed by atoms with Crippen LogP contribution in [0.1, 0.15) is 34.0 Å². The highest BCUT2D eigenvalue weighted by atomic mass is 127. The fourth-order valence-corrected chi connectivity index (χ4v) is 3.75. The second-order valence-electron chi connectivity index (χ2n) is 5.09. The molecule has 2 aromatic carbocycles. The largest absolute Gasteiger partial charge is 0.288 e. The first-order valence-corrected chi connectivity index (χ1v) is 7.46. The number of halogens is 1. The Morgan fingerprint density at radius 3 is 2.60 bits per heavy atom. The second kappa shape index (κ2) is 3.86. The van der Waals surface area contributed by atoms with Crippen LogP contribution in [0.4, 0.5) is 5.69 Å². The molecule has 2 aromatic rings. The molecule has 96 valence electrons. The first kappa shape index (κ1) is 12.0. The summed E-state index contributed by atoms with van der Waals surface area (Å²) in [5.74, 6) is 6.36. The van der Waals surface area contributed by atoms with E-state index in [9.17, 15) is 4.79 Å². The predicted molar refractivity (Wildman–Crippen MR) is 87.0 cm³/mol. The third kappa shape index (κ3) is 1.37. The first-order chi connectivity index (χ1) is 9.60. The molecule has 0 unspecified atom stereocenters. The molecule has 0 aromatic heterocycles. The maximum atomic E-state index is 12.9. The standard InChI is InChI=1S/C17H10INO/c1-17(18)14-8-4-6-12-10-9-11-5-2-3-7-13(11)16(20)19(17)15(12)14/h2-8H,1H3/t17-/m1/s1. The van der Waals surface area contributed by atoms with Crippen LogP contribution in [0.15, 0.2) is 42.5 Å². The fourth-order valence-electron chi connectivity index (χ4n) is 2.86. The molecule has 20 heavy (non-hydrogen) atoms. The van der Waals surface area contributed by atoms with Crippen LogP contribution in [0.2, 0.25) is 0 Å². The van der Waals surface area contributed by atoms with Crippen molar-refractivity contribution in [2.75, 3.05) is 4.90 Å². The molecule has 2 aliphatic rings. The van der Waals surface area contributed by atoms with Gasteiger partial charge < -0.3 is 0 Å². The number of para-hydroxylation sites is 1. The molecule has 0 fully saturated rings. The molecule has 0 saturated carbocycles. The number of amides is 1. The lowest BCUT2D eigenvalue weighted by Crippen LogP contribution is -2.53. The molecule has 4 rings (SSSR count). The van der Waals surface area contributed by atoms with Gasteiger partial charge in [0.2, 0.25) is 0 Å². The van der Waals surface area contributed by atoms with Gasteiger partial charge in [0.05, 0.1) is 11.3 Å². The topological polar surface area (TPSA) is 20.3 Å². The molecule has 0 saturated heterocycles. The van der Waals surface area contributed by atoms with Crippen molar-refractivity contribution < 1.29 is 4.79 Å². The summed E-state index contributed by atoms with van der Waals surface area (Å²) in [6, 6.07) is 13.6. The third-order valence-corrected chi connectivity index (χ3v) is 4.93. The number of carbonyl (C=O) groups excluding carboxylic acids is 1. The van der Waals surface area contributed by atoms with E-state index in [2.05, 4.69) is 47.4 Å². The van der Waals surface area contributed by atoms with Gasteiger partial charge in [0.1, 0.15) is 3.55 Å². The van der Waals surface area contributed by atoms with Gasteiger partial charge in [0.15, 0.2) is 0 Å². The molecule has 0 radical (unpaired) electrons. The minimum atomic E-state index is -0.299. The van der Waals surface area contributed by atoms with Crippen molar-refractivity contribution in [3.63, 3.8) is 0 Å². The molecule has 2 heterocycles. The van der Waals surface area contributed by atoms with Gasteiger partial charge in [-0.25, -0.2) is 0 Å². The lowest BCUT2D eigenvalue weighted by Gasteiger charge is -2.49. The van der Waals surface area contributed by atoms with Crippen LogP contribution < -0.4 is 4.90 Å². The number of nitrogens with zero attached hydrogens (tertiary/aromatic N) is 1. The van der Waals surface area contributed by atoms with Crippen molar-refractivity contribution in [2.24, 2.45) is 0 Å². The molecule has 3 heteroatoms. The Kier molecular flexibility index (Phi) is 2.31. The summed E-state index contributed by atoms with van der Waals surface area (Å²) in [7, 11) is 0. The molecule has 0 aliphatic carbocycles. The van der Waals surface area contributed by atoms with Crippen molar-refractivity contribution >= 4 is 34.2 Å². The number of alkyl halides is 1. The van der Waals surface area contributed by atoms with Gasteiger partial charge >= 0.3 is 0 Å². The number of hydrogen-bond donors (Lipinski definition) is 0. The Balaban J connectivity index is 2.07. The van der Waals surface area contributed by atoms with Crippen LogP contribution in [0.25, 0.3) is 0 Å². The predicted octanol–water partition coefficient (Wildman–Crippen LogP) is 3.67. The molecular formula is C17H10INO. The Morgan fingerprint density at radius 1 is 1.05 bits per heavy atom. The second-order valence-corrected chi connectivity index (χ2v) is 7.19. The average molecular weight is 371 g/mol. The summed E-state index contributed by atoms with van der Waals surface area (Å²) in [5.41, 5.74) is 4.56. The summed E-state index contributed by atoms with van der Waals surface area (Å²) in [4.78, 5) is 14.7. The smallest absolute Gasteiger partial charge is 0.260 e. The van der Waals surface area contributed by atoms with Gasteiger partial charge in [0.25, 0.3) is 5.91 Å². The highest BCUT2D eigenvalue weighted by molar-refractivity contribution is 14.1. The van der Waals surface area contributed by atoms with Gasteiger partial charge in [-0.1, -0.05) is 36.1 Å². The van der Waals surface area contributed by atoms with E-state index in [1.165, 1.54) is 5.56 Å². The Labute approximate surface area is 130 Å². The quantitative estimate of drug-likeness (QED) is 0.300. The number of anilines is 1. The number of rotatable bonds is 0. The Bertz CT molecular complexity index is 826. The fraction of sp³-hybridized carbons (Fsp3) is 0.118. The SMILES string of the molecule is C[C@]1(I)c2cccc3c2N1C(=O)c1ccccc1C#C3. The van der Waals surface area contributed by atoms with Crippen molar-refractivity contribution in [1.82, 2.24) is 0 Å². The highest BCUT2D eigenvalue weighted by Gasteiger charge is 2.49. The van der Waals surface area contributed by atoms with E-state index in [-0.39, 0.29) is 9.45 Å². The molecule has 2 aliphatic heterocycles. The minimum absolute atomic E-state index is 0.0338. The summed E-state index contributed by atoms with van der Waals surface area (Å²) in [6.45, 7) is 2.06. The molecule has 1 atom stereocenters. The van der Waals surface area contributed by atoms with Crippen LogP contribution in [-0.4, -0.2) is 5.91 Å². The molecular weight excluding hydrogens is 361 g/mol. The van der Waals surface area contributed by atoms with Crippen molar-refractivity contribution in [3.8, 4) is 11.8 Å². The number of fused-ring (bicyclic) bond motifs is 1. The lowest BCUT2D eigenvalue weighted by molar-refractivity contribution is 0.0967. The van der Waals surface area contributed by atoms with Gasteiger partial charge in [-0.2, -0.15) is 0 Å². The maximum Gasteiger partial charge on any atom is 0.260 e. The Hall–Kier alpha value is -1.80. The normalized spacial score (nSPS) is 21.7. The van der Waals surface area contributed by atoms with E-state index >= 15 is 0 Å². The van der Waals surface area contributed by atoms with E-state index in [1.54, 1.807) is 0 Å². The number of carbonyl (C=O) groups is 1. The zero-order valence-corrected chi connectivity index (χ0v) is 12.9. The molecule has 0 bridgehead atoms. The third-order valence-electron chi connectivity index (χ3n) is 3.86. The van der Waals surface area contributed by atoms with E-state index in [1.807, 2.05) is 41.3 Å². The van der Waals surface area contributed by atoms with Crippen LogP contribution in [0.3, 0.4) is 0 Å². The first-order valence-electron chi connectivity index (χ1n) is 6.39. The summed E-state index contributed by atoms with van der Waals surface area (Å²) >= 11 is 2.33. The summed E-state index contributed by atoms with van der Waals surface area (Å²) < 4.78 is -0.299. The maximum absolute atomic E-state index is 12.9. The van der Waals surface area contributed by atoms with Crippen molar-refractivity contribution in [2.45, 2.75) is 10.5 Å². The van der Waals surface area contributed by atoms with Crippen LogP contribution in [-0.2, 0) is 3.55 Å². The lowest BCUT2D eigenvalue weighted by atomic mass is 9.88. The van der Waals surface area contributed by atoms with Crippen molar-refractivity contribution in [3.05, 3.63) is 64.7 Å². The molecule has 0 spiro atoms. The zero-order chi connectivity index (χ0) is 13.9. The molecule has 2 nitrogen and oxygen atoms in total.